The fourth-order valence-corrected chi connectivity index (χ4v) is 2.82. The Labute approximate surface area is 155 Å². The molecule has 1 aromatic heterocycles. The van der Waals surface area contributed by atoms with E-state index in [1.807, 2.05) is 31.2 Å². The van der Waals surface area contributed by atoms with E-state index >= 15 is 0 Å². The van der Waals surface area contributed by atoms with Gasteiger partial charge in [-0.05, 0) is 37.3 Å². The van der Waals surface area contributed by atoms with Crippen molar-refractivity contribution in [3.8, 4) is 11.5 Å². The Morgan fingerprint density at radius 3 is 2.64 bits per heavy atom. The third kappa shape index (κ3) is 4.41. The van der Waals surface area contributed by atoms with Gasteiger partial charge < -0.3 is 9.73 Å². The molecule has 3 aromatic rings. The molecule has 25 heavy (non-hydrogen) atoms. The monoisotopic (exact) mass is 374 g/mol. The van der Waals surface area contributed by atoms with E-state index in [9.17, 15) is 4.79 Å². The average molecular weight is 375 g/mol. The van der Waals surface area contributed by atoms with Crippen LogP contribution in [0.5, 0.6) is 0 Å². The fourth-order valence-electron chi connectivity index (χ4n) is 2.32. The SMILES string of the molecule is Cc1ccc(-c2nc(CCNC(=O)c3ccc(Cl)cc3Cl)co2)cc1. The maximum atomic E-state index is 12.1. The maximum absolute atomic E-state index is 12.1. The predicted octanol–water partition coefficient (Wildman–Crippen LogP) is 4.93. The van der Waals surface area contributed by atoms with Crippen LogP contribution in [-0.2, 0) is 6.42 Å². The van der Waals surface area contributed by atoms with E-state index in [4.69, 9.17) is 27.6 Å². The zero-order chi connectivity index (χ0) is 17.8. The van der Waals surface area contributed by atoms with Crippen LogP contribution in [0.4, 0.5) is 0 Å². The first kappa shape index (κ1) is 17.5. The summed E-state index contributed by atoms with van der Waals surface area (Å²) in [5.74, 6) is 0.325. The number of benzene rings is 2. The summed E-state index contributed by atoms with van der Waals surface area (Å²) in [6.45, 7) is 2.46. The lowest BCUT2D eigenvalue weighted by Gasteiger charge is -2.06. The van der Waals surface area contributed by atoms with Gasteiger partial charge in [-0.25, -0.2) is 4.98 Å². The second-order valence-electron chi connectivity index (χ2n) is 5.64. The second-order valence-corrected chi connectivity index (χ2v) is 6.48. The number of nitrogens with zero attached hydrogens (tertiary/aromatic N) is 1. The first-order valence-corrected chi connectivity index (χ1v) is 8.53. The molecule has 6 heteroatoms. The van der Waals surface area contributed by atoms with E-state index < -0.39 is 0 Å². The molecule has 0 saturated heterocycles. The molecule has 0 saturated carbocycles. The molecule has 0 unspecified atom stereocenters. The van der Waals surface area contributed by atoms with Gasteiger partial charge in [0.15, 0.2) is 0 Å². The molecular formula is C19H16Cl2N2O2. The van der Waals surface area contributed by atoms with Gasteiger partial charge in [0.1, 0.15) is 6.26 Å². The van der Waals surface area contributed by atoms with E-state index in [-0.39, 0.29) is 5.91 Å². The van der Waals surface area contributed by atoms with Crippen LogP contribution in [-0.4, -0.2) is 17.4 Å². The van der Waals surface area contributed by atoms with Crippen molar-refractivity contribution in [3.05, 3.63) is 75.6 Å². The summed E-state index contributed by atoms with van der Waals surface area (Å²) in [5, 5.41) is 3.64. The lowest BCUT2D eigenvalue weighted by atomic mass is 10.1. The molecular weight excluding hydrogens is 359 g/mol. The van der Waals surface area contributed by atoms with E-state index in [2.05, 4.69) is 10.3 Å². The van der Waals surface area contributed by atoms with Crippen LogP contribution in [0.1, 0.15) is 21.6 Å². The zero-order valence-corrected chi connectivity index (χ0v) is 15.1. The van der Waals surface area contributed by atoms with Crippen LogP contribution in [0.2, 0.25) is 10.0 Å². The number of rotatable bonds is 5. The Hall–Kier alpha value is -2.30. The van der Waals surface area contributed by atoms with Crippen molar-refractivity contribution in [3.63, 3.8) is 0 Å². The van der Waals surface area contributed by atoms with Crippen molar-refractivity contribution in [2.45, 2.75) is 13.3 Å². The number of hydrogen-bond acceptors (Lipinski definition) is 3. The number of oxazole rings is 1. The topological polar surface area (TPSA) is 55.1 Å². The van der Waals surface area contributed by atoms with Gasteiger partial charge in [-0.3, -0.25) is 4.79 Å². The highest BCUT2D eigenvalue weighted by atomic mass is 35.5. The van der Waals surface area contributed by atoms with Gasteiger partial charge in [-0.15, -0.1) is 0 Å². The Morgan fingerprint density at radius 2 is 1.92 bits per heavy atom. The predicted molar refractivity (Wildman–Crippen MR) is 99.2 cm³/mol. The van der Waals surface area contributed by atoms with E-state index in [1.165, 1.54) is 5.56 Å². The maximum Gasteiger partial charge on any atom is 0.252 e. The van der Waals surface area contributed by atoms with Crippen molar-refractivity contribution in [2.24, 2.45) is 0 Å². The van der Waals surface area contributed by atoms with Gasteiger partial charge in [0.25, 0.3) is 5.91 Å². The van der Waals surface area contributed by atoms with Gasteiger partial charge in [0, 0.05) is 23.6 Å². The number of nitrogens with one attached hydrogen (secondary N) is 1. The Bertz CT molecular complexity index is 889. The van der Waals surface area contributed by atoms with Gasteiger partial charge in [-0.2, -0.15) is 0 Å². The minimum absolute atomic E-state index is 0.246. The molecule has 0 aliphatic rings. The summed E-state index contributed by atoms with van der Waals surface area (Å²) >= 11 is 11.9. The summed E-state index contributed by atoms with van der Waals surface area (Å²) in [5.41, 5.74) is 3.28. The van der Waals surface area contributed by atoms with Gasteiger partial charge in [0.05, 0.1) is 16.3 Å². The summed E-state index contributed by atoms with van der Waals surface area (Å²) in [6.07, 6.45) is 2.17. The molecule has 1 heterocycles. The minimum atomic E-state index is -0.246. The molecule has 128 valence electrons. The lowest BCUT2D eigenvalue weighted by Crippen LogP contribution is -2.26. The normalized spacial score (nSPS) is 10.7. The lowest BCUT2D eigenvalue weighted by molar-refractivity contribution is 0.0954. The molecule has 0 spiro atoms. The molecule has 0 aliphatic heterocycles. The Kier molecular flexibility index (Phi) is 5.41. The van der Waals surface area contributed by atoms with Crippen molar-refractivity contribution in [1.29, 1.82) is 0 Å². The number of aromatic nitrogens is 1. The molecule has 3 rings (SSSR count). The van der Waals surface area contributed by atoms with Crippen LogP contribution in [0.3, 0.4) is 0 Å². The number of carbonyl (C=O) groups excluding carboxylic acids is 1. The first-order valence-electron chi connectivity index (χ1n) is 7.77. The number of hydrogen-bond donors (Lipinski definition) is 1. The third-order valence-electron chi connectivity index (χ3n) is 3.69. The quantitative estimate of drug-likeness (QED) is 0.688. The highest BCUT2D eigenvalue weighted by Gasteiger charge is 2.11. The highest BCUT2D eigenvalue weighted by molar-refractivity contribution is 6.36. The Morgan fingerprint density at radius 1 is 1.16 bits per heavy atom. The number of carbonyl (C=O) groups is 1. The van der Waals surface area contributed by atoms with Crippen molar-refractivity contribution < 1.29 is 9.21 Å². The molecule has 0 bridgehead atoms. The molecule has 0 fully saturated rings. The summed E-state index contributed by atoms with van der Waals surface area (Å²) < 4.78 is 5.51. The summed E-state index contributed by atoms with van der Waals surface area (Å²) in [7, 11) is 0. The van der Waals surface area contributed by atoms with Crippen LogP contribution >= 0.6 is 23.2 Å². The van der Waals surface area contributed by atoms with Gasteiger partial charge >= 0.3 is 0 Å². The van der Waals surface area contributed by atoms with E-state index in [0.717, 1.165) is 11.3 Å². The molecule has 2 aromatic carbocycles. The first-order chi connectivity index (χ1) is 12.0. The largest absolute Gasteiger partial charge is 0.444 e. The highest BCUT2D eigenvalue weighted by Crippen LogP contribution is 2.21. The summed E-state index contributed by atoms with van der Waals surface area (Å²) in [6, 6.07) is 12.7. The standard InChI is InChI=1S/C19H16Cl2N2O2/c1-12-2-4-13(5-3-12)19-23-15(11-25-19)8-9-22-18(24)16-7-6-14(20)10-17(16)21/h2-7,10-11H,8-9H2,1H3,(H,22,24). The smallest absolute Gasteiger partial charge is 0.252 e. The van der Waals surface area contributed by atoms with Crippen molar-refractivity contribution in [2.75, 3.05) is 6.54 Å². The molecule has 1 amide bonds. The van der Waals surface area contributed by atoms with Crippen LogP contribution in [0.15, 0.2) is 53.1 Å². The zero-order valence-electron chi connectivity index (χ0n) is 13.6. The van der Waals surface area contributed by atoms with Crippen molar-refractivity contribution in [1.82, 2.24) is 10.3 Å². The number of halogens is 2. The summed E-state index contributed by atoms with van der Waals surface area (Å²) in [4.78, 5) is 16.6. The number of amides is 1. The molecule has 0 aliphatic carbocycles. The van der Waals surface area contributed by atoms with Crippen LogP contribution < -0.4 is 5.32 Å². The van der Waals surface area contributed by atoms with E-state index in [1.54, 1.807) is 24.5 Å². The molecule has 4 nitrogen and oxygen atoms in total. The fraction of sp³-hybridized carbons (Fsp3) is 0.158. The van der Waals surface area contributed by atoms with Gasteiger partial charge in [0.2, 0.25) is 5.89 Å². The van der Waals surface area contributed by atoms with Crippen LogP contribution in [0.25, 0.3) is 11.5 Å². The van der Waals surface area contributed by atoms with Gasteiger partial charge in [-0.1, -0.05) is 40.9 Å². The molecule has 1 N–H and O–H groups in total. The molecule has 0 atom stereocenters. The Balaban J connectivity index is 1.57. The third-order valence-corrected chi connectivity index (χ3v) is 4.24. The van der Waals surface area contributed by atoms with Crippen LogP contribution in [0, 0.1) is 6.92 Å². The minimum Gasteiger partial charge on any atom is -0.444 e. The van der Waals surface area contributed by atoms with Crippen molar-refractivity contribution >= 4 is 29.1 Å². The second kappa shape index (κ2) is 7.72. The molecule has 0 radical (unpaired) electrons. The average Bonchev–Trinajstić information content (AvgIpc) is 3.04. The number of aryl methyl sites for hydroxylation is 1. The van der Waals surface area contributed by atoms with E-state index in [0.29, 0.717) is 34.5 Å².